The molecule has 0 aliphatic carbocycles. The first-order valence-corrected chi connectivity index (χ1v) is 4.13. The Morgan fingerprint density at radius 3 is 1.82 bits per heavy atom. The molecule has 0 aromatic carbocycles. The molecule has 0 radical (unpaired) electrons. The molecule has 0 saturated carbocycles. The van der Waals surface area contributed by atoms with Crippen LogP contribution in [0.4, 0.5) is 13.2 Å². The van der Waals surface area contributed by atoms with Gasteiger partial charge in [0.15, 0.2) is 6.67 Å². The first-order chi connectivity index (χ1) is 4.93. The molecule has 0 aromatic heterocycles. The topological polar surface area (TPSA) is 35.5 Å². The fourth-order valence-corrected chi connectivity index (χ4v) is 1.24. The van der Waals surface area contributed by atoms with Crippen LogP contribution in [0.1, 0.15) is 0 Å². The van der Waals surface area contributed by atoms with Crippen molar-refractivity contribution >= 4 is 7.60 Å². The smallest absolute Gasteiger partial charge is 0.308 e. The second-order valence-corrected chi connectivity index (χ2v) is 4.04. The highest BCUT2D eigenvalue weighted by atomic mass is 31.2. The Balaban J connectivity index is 4.63. The van der Waals surface area contributed by atoms with Crippen LogP contribution in [0.3, 0.4) is 0 Å². The molecule has 11 heavy (non-hydrogen) atoms. The highest BCUT2D eigenvalue weighted by molar-refractivity contribution is 7.55. The Morgan fingerprint density at radius 2 is 1.73 bits per heavy atom. The average Bonchev–Trinajstić information content (AvgIpc) is 2.02. The largest absolute Gasteiger partial charge is 0.401 e. The van der Waals surface area contributed by atoms with Crippen molar-refractivity contribution in [3.63, 3.8) is 0 Å². The van der Waals surface area contributed by atoms with Crippen molar-refractivity contribution in [3.05, 3.63) is 0 Å². The molecular formula is C4H8F3O3P. The molecular weight excluding hydrogens is 184 g/mol. The fraction of sp³-hybridized carbons (Fsp3) is 1.00. The van der Waals surface area contributed by atoms with E-state index in [1.54, 1.807) is 0 Å². The van der Waals surface area contributed by atoms with Gasteiger partial charge in [0.1, 0.15) is 0 Å². The van der Waals surface area contributed by atoms with Crippen molar-refractivity contribution in [2.45, 2.75) is 5.66 Å². The van der Waals surface area contributed by atoms with Crippen LogP contribution in [-0.4, -0.2) is 26.6 Å². The molecule has 0 aliphatic rings. The molecule has 0 aliphatic heterocycles. The van der Waals surface area contributed by atoms with Crippen LogP contribution in [0.25, 0.3) is 0 Å². The van der Waals surface area contributed by atoms with Crippen LogP contribution >= 0.6 is 7.60 Å². The van der Waals surface area contributed by atoms with Gasteiger partial charge in [0, 0.05) is 14.2 Å². The standard InChI is InChI=1S/C4H8F3O3P/c1-9-11(8,10-2)4(6,7)3-5/h3H2,1-2H3. The summed E-state index contributed by atoms with van der Waals surface area (Å²) >= 11 is 0. The maximum absolute atomic E-state index is 12.3. The van der Waals surface area contributed by atoms with E-state index in [1.807, 2.05) is 0 Å². The van der Waals surface area contributed by atoms with E-state index in [2.05, 4.69) is 9.05 Å². The predicted octanol–water partition coefficient (Wildman–Crippen LogP) is 2.03. The van der Waals surface area contributed by atoms with Gasteiger partial charge < -0.3 is 9.05 Å². The highest BCUT2D eigenvalue weighted by Gasteiger charge is 2.52. The van der Waals surface area contributed by atoms with Gasteiger partial charge in [0.05, 0.1) is 0 Å². The zero-order valence-electron chi connectivity index (χ0n) is 6.01. The van der Waals surface area contributed by atoms with Gasteiger partial charge in [-0.1, -0.05) is 0 Å². The molecule has 0 bridgehead atoms. The van der Waals surface area contributed by atoms with Gasteiger partial charge in [-0.05, 0) is 0 Å². The van der Waals surface area contributed by atoms with Crippen molar-refractivity contribution in [3.8, 4) is 0 Å². The number of hydrogen-bond donors (Lipinski definition) is 0. The second kappa shape index (κ2) is 3.56. The minimum absolute atomic E-state index is 0.772. The first-order valence-electron chi connectivity index (χ1n) is 2.59. The average molecular weight is 192 g/mol. The van der Waals surface area contributed by atoms with Gasteiger partial charge in [0.2, 0.25) is 0 Å². The normalized spacial score (nSPS) is 13.5. The van der Waals surface area contributed by atoms with Crippen molar-refractivity contribution in [2.75, 3.05) is 20.9 Å². The van der Waals surface area contributed by atoms with Gasteiger partial charge >= 0.3 is 13.3 Å². The first kappa shape index (κ1) is 10.9. The third-order valence-corrected chi connectivity index (χ3v) is 2.92. The molecule has 7 heteroatoms. The Bertz CT molecular complexity index is 164. The zero-order chi connectivity index (χ0) is 9.12. The number of alkyl halides is 3. The Hall–Kier alpha value is -0.0600. The SMILES string of the molecule is COP(=O)(OC)C(F)(F)CF. The van der Waals surface area contributed by atoms with Gasteiger partial charge in [-0.3, -0.25) is 4.57 Å². The number of rotatable bonds is 4. The maximum Gasteiger partial charge on any atom is 0.401 e. The summed E-state index contributed by atoms with van der Waals surface area (Å²) in [4.78, 5) is 0. The van der Waals surface area contributed by atoms with Crippen LogP contribution < -0.4 is 0 Å². The highest BCUT2D eigenvalue weighted by Crippen LogP contribution is 2.60. The molecule has 0 amide bonds. The van der Waals surface area contributed by atoms with E-state index in [9.17, 15) is 17.7 Å². The summed E-state index contributed by atoms with van der Waals surface area (Å²) in [6.07, 6.45) is 0. The van der Waals surface area contributed by atoms with E-state index in [0.717, 1.165) is 14.2 Å². The van der Waals surface area contributed by atoms with Crippen LogP contribution in [0.5, 0.6) is 0 Å². The summed E-state index contributed by atoms with van der Waals surface area (Å²) in [6, 6.07) is 0. The lowest BCUT2D eigenvalue weighted by Gasteiger charge is -2.20. The number of hydrogen-bond acceptors (Lipinski definition) is 3. The molecule has 68 valence electrons. The second-order valence-electron chi connectivity index (χ2n) is 1.66. The summed E-state index contributed by atoms with van der Waals surface area (Å²) in [7, 11) is -3.05. The molecule has 0 N–H and O–H groups in total. The minimum Gasteiger partial charge on any atom is -0.308 e. The van der Waals surface area contributed by atoms with Crippen LogP contribution in [0.15, 0.2) is 0 Å². The summed E-state index contributed by atoms with van der Waals surface area (Å²) in [6.45, 7) is -2.06. The third kappa shape index (κ3) is 1.95. The summed E-state index contributed by atoms with van der Waals surface area (Å²) in [5.41, 5.74) is -4.06. The Kier molecular flexibility index (Phi) is 3.54. The summed E-state index contributed by atoms with van der Waals surface area (Å²) in [5.74, 6) is 0. The lowest BCUT2D eigenvalue weighted by atomic mass is 10.8. The van der Waals surface area contributed by atoms with E-state index in [-0.39, 0.29) is 0 Å². The molecule has 0 fully saturated rings. The Morgan fingerprint density at radius 1 is 1.36 bits per heavy atom. The molecule has 0 unspecified atom stereocenters. The van der Waals surface area contributed by atoms with Crippen molar-refractivity contribution in [1.82, 2.24) is 0 Å². The molecule has 3 nitrogen and oxygen atoms in total. The summed E-state index contributed by atoms with van der Waals surface area (Å²) < 4.78 is 54.7. The zero-order valence-corrected chi connectivity index (χ0v) is 6.91. The summed E-state index contributed by atoms with van der Waals surface area (Å²) in [5, 5.41) is 0. The van der Waals surface area contributed by atoms with E-state index in [0.29, 0.717) is 0 Å². The molecule has 0 atom stereocenters. The number of halogens is 3. The van der Waals surface area contributed by atoms with Crippen LogP contribution in [-0.2, 0) is 13.6 Å². The van der Waals surface area contributed by atoms with Gasteiger partial charge in [-0.25, -0.2) is 4.39 Å². The van der Waals surface area contributed by atoms with Gasteiger partial charge in [-0.15, -0.1) is 0 Å². The lowest BCUT2D eigenvalue weighted by molar-refractivity contribution is 0.0253. The molecule has 0 spiro atoms. The minimum atomic E-state index is -4.59. The van der Waals surface area contributed by atoms with E-state index >= 15 is 0 Å². The Labute approximate surface area is 62.0 Å². The molecule has 0 saturated heterocycles. The van der Waals surface area contributed by atoms with Crippen molar-refractivity contribution in [2.24, 2.45) is 0 Å². The third-order valence-electron chi connectivity index (χ3n) is 1.04. The van der Waals surface area contributed by atoms with Gasteiger partial charge in [0.25, 0.3) is 0 Å². The van der Waals surface area contributed by atoms with E-state index in [1.165, 1.54) is 0 Å². The predicted molar refractivity (Wildman–Crippen MR) is 32.5 cm³/mol. The van der Waals surface area contributed by atoms with Crippen molar-refractivity contribution in [1.29, 1.82) is 0 Å². The van der Waals surface area contributed by atoms with Crippen LogP contribution in [0.2, 0.25) is 0 Å². The quantitative estimate of drug-likeness (QED) is 0.639. The molecule has 0 heterocycles. The van der Waals surface area contributed by atoms with E-state index < -0.39 is 19.9 Å². The lowest BCUT2D eigenvalue weighted by Crippen LogP contribution is -2.20. The fourth-order valence-electron chi connectivity index (χ4n) is 0.415. The molecule has 0 aromatic rings. The van der Waals surface area contributed by atoms with E-state index in [4.69, 9.17) is 0 Å². The van der Waals surface area contributed by atoms with Gasteiger partial charge in [-0.2, -0.15) is 8.78 Å². The monoisotopic (exact) mass is 192 g/mol. The molecule has 0 rings (SSSR count). The van der Waals surface area contributed by atoms with Crippen LogP contribution in [0, 0.1) is 0 Å². The maximum atomic E-state index is 12.3. The van der Waals surface area contributed by atoms with Crippen molar-refractivity contribution < 1.29 is 26.8 Å².